The first-order valence-corrected chi connectivity index (χ1v) is 15.5. The molecule has 1 atom stereocenters. The fourth-order valence-corrected chi connectivity index (χ4v) is 5.11. The average molecular weight is 572 g/mol. The molecule has 232 valence electrons. The Kier molecular flexibility index (Phi) is 19.6. The molecule has 2 aromatic carbocycles. The molecule has 41 heavy (non-hydrogen) atoms. The number of aliphatic carboxylic acids is 2. The van der Waals surface area contributed by atoms with Crippen LogP contribution in [0.4, 0.5) is 0 Å². The number of quaternary nitrogens is 2. The maximum atomic E-state index is 11.4. The van der Waals surface area contributed by atoms with Crippen LogP contribution in [0.15, 0.2) is 60.7 Å². The number of hydrogen-bond acceptors (Lipinski definition) is 5. The Morgan fingerprint density at radius 2 is 0.878 bits per heavy atom. The van der Waals surface area contributed by atoms with Gasteiger partial charge in [0.15, 0.2) is 0 Å². The van der Waals surface area contributed by atoms with E-state index in [1.54, 1.807) is 4.90 Å². The van der Waals surface area contributed by atoms with Crippen LogP contribution in [-0.2, 0) is 22.7 Å². The van der Waals surface area contributed by atoms with Gasteiger partial charge in [-0.15, -0.1) is 0 Å². The molecule has 0 aliphatic carbocycles. The van der Waals surface area contributed by atoms with Crippen molar-refractivity contribution in [1.29, 1.82) is 0 Å². The molecule has 0 aliphatic heterocycles. The van der Waals surface area contributed by atoms with Crippen LogP contribution in [0.25, 0.3) is 0 Å². The van der Waals surface area contributed by atoms with E-state index >= 15 is 0 Å². The standard InChI is InChI=1S/C18H19NO4.2C8H20N/c20-17(21)11-16(18(22)23)19(12-14-7-3-1-4-8-14)13-15-9-5-2-6-10-15;2*1-5-9(6-2,7-3)8-4/h1-10,16H,11-13H2,(H,20,21)(H,22,23);2*5-8H2,1-4H3/q;2*+1/p-2/t16-;;/m0../s1. The molecule has 0 aliphatic rings. The predicted octanol–water partition coefficient (Wildman–Crippen LogP) is 3.71. The van der Waals surface area contributed by atoms with Gasteiger partial charge >= 0.3 is 0 Å². The van der Waals surface area contributed by atoms with Gasteiger partial charge in [0.2, 0.25) is 0 Å². The summed E-state index contributed by atoms with van der Waals surface area (Å²) in [5.74, 6) is -2.83. The van der Waals surface area contributed by atoms with Crippen molar-refractivity contribution in [2.75, 3.05) is 52.4 Å². The summed E-state index contributed by atoms with van der Waals surface area (Å²) in [6.07, 6.45) is -0.609. The predicted molar refractivity (Wildman–Crippen MR) is 165 cm³/mol. The van der Waals surface area contributed by atoms with Gasteiger partial charge in [-0.05, 0) is 66.5 Å². The van der Waals surface area contributed by atoms with Crippen LogP contribution >= 0.6 is 0 Å². The Morgan fingerprint density at radius 3 is 1.07 bits per heavy atom. The van der Waals surface area contributed by atoms with E-state index in [0.717, 1.165) is 11.1 Å². The minimum atomic E-state index is -1.42. The molecule has 0 fully saturated rings. The molecule has 0 heterocycles. The summed E-state index contributed by atoms with van der Waals surface area (Å²) in [6.45, 7) is 29.1. The number of carboxylic acids is 2. The SMILES string of the molecule is CC[N+](CC)(CC)CC.CC[N+](CC)(CC)CC.O=C([O-])C[C@@H](C(=O)[O-])N(Cc1ccccc1)Cc1ccccc1. The normalized spacial score (nSPS) is 12.0. The van der Waals surface area contributed by atoms with Crippen molar-refractivity contribution < 1.29 is 28.8 Å². The number of rotatable bonds is 16. The molecule has 0 N–H and O–H groups in total. The highest BCUT2D eigenvalue weighted by Crippen LogP contribution is 2.15. The monoisotopic (exact) mass is 571 g/mol. The molecule has 0 saturated carbocycles. The fraction of sp³-hybridized carbons (Fsp3) is 0.588. The van der Waals surface area contributed by atoms with E-state index in [0.29, 0.717) is 13.1 Å². The van der Waals surface area contributed by atoms with Crippen molar-refractivity contribution in [1.82, 2.24) is 4.90 Å². The molecule has 7 nitrogen and oxygen atoms in total. The van der Waals surface area contributed by atoms with Crippen LogP contribution in [0.1, 0.15) is 72.9 Å². The maximum absolute atomic E-state index is 11.4. The number of hydrogen-bond donors (Lipinski definition) is 0. The van der Waals surface area contributed by atoms with Gasteiger partial charge in [-0.3, -0.25) is 4.90 Å². The zero-order valence-electron chi connectivity index (χ0n) is 27.1. The van der Waals surface area contributed by atoms with Crippen molar-refractivity contribution in [2.45, 2.75) is 80.9 Å². The van der Waals surface area contributed by atoms with Crippen molar-refractivity contribution in [2.24, 2.45) is 0 Å². The third-order valence-electron chi connectivity index (χ3n) is 8.90. The van der Waals surface area contributed by atoms with Gasteiger partial charge in [-0.1, -0.05) is 60.7 Å². The van der Waals surface area contributed by atoms with Crippen molar-refractivity contribution in [3.8, 4) is 0 Å². The molecular formula is C34H57N3O4. The summed E-state index contributed by atoms with van der Waals surface area (Å²) in [7, 11) is 0. The molecule has 2 aromatic rings. The van der Waals surface area contributed by atoms with E-state index in [1.807, 2.05) is 60.7 Å². The van der Waals surface area contributed by atoms with Gasteiger partial charge in [0.25, 0.3) is 0 Å². The zero-order valence-corrected chi connectivity index (χ0v) is 27.1. The van der Waals surface area contributed by atoms with Gasteiger partial charge in [0, 0.05) is 25.5 Å². The highest BCUT2D eigenvalue weighted by atomic mass is 16.4. The molecule has 0 aromatic heterocycles. The van der Waals surface area contributed by atoms with Gasteiger partial charge in [0.1, 0.15) is 0 Å². The minimum Gasteiger partial charge on any atom is -0.550 e. The molecule has 0 amide bonds. The Bertz CT molecular complexity index is 848. The van der Waals surface area contributed by atoms with E-state index in [4.69, 9.17) is 0 Å². The number of carbonyl (C=O) groups is 2. The van der Waals surface area contributed by atoms with E-state index < -0.39 is 24.4 Å². The Morgan fingerprint density at radius 1 is 0.585 bits per heavy atom. The first-order valence-electron chi connectivity index (χ1n) is 15.5. The summed E-state index contributed by atoms with van der Waals surface area (Å²) in [4.78, 5) is 23.9. The van der Waals surface area contributed by atoms with Crippen LogP contribution in [0.5, 0.6) is 0 Å². The lowest BCUT2D eigenvalue weighted by Gasteiger charge is -2.34. The van der Waals surface area contributed by atoms with Crippen LogP contribution in [-0.4, -0.2) is 84.2 Å². The highest BCUT2D eigenvalue weighted by molar-refractivity contribution is 5.78. The van der Waals surface area contributed by atoms with Gasteiger partial charge < -0.3 is 28.8 Å². The number of benzene rings is 2. The van der Waals surface area contributed by atoms with Crippen molar-refractivity contribution in [3.63, 3.8) is 0 Å². The zero-order chi connectivity index (χ0) is 31.3. The molecule has 0 radical (unpaired) electrons. The van der Waals surface area contributed by atoms with Gasteiger partial charge in [-0.25, -0.2) is 0 Å². The largest absolute Gasteiger partial charge is 0.550 e. The van der Waals surface area contributed by atoms with E-state index in [9.17, 15) is 19.8 Å². The lowest BCUT2D eigenvalue weighted by atomic mass is 10.1. The number of carboxylic acid groups (broad SMARTS) is 2. The fourth-order valence-electron chi connectivity index (χ4n) is 5.11. The average Bonchev–Trinajstić information content (AvgIpc) is 3.00. The second-order valence-corrected chi connectivity index (χ2v) is 10.5. The number of nitrogens with zero attached hydrogens (tertiary/aromatic N) is 3. The van der Waals surface area contributed by atoms with Gasteiger partial charge in [-0.2, -0.15) is 0 Å². The van der Waals surface area contributed by atoms with Crippen LogP contribution in [0.2, 0.25) is 0 Å². The topological polar surface area (TPSA) is 83.5 Å². The molecule has 2 rings (SSSR count). The minimum absolute atomic E-state index is 0.307. The van der Waals surface area contributed by atoms with E-state index in [-0.39, 0.29) is 0 Å². The second kappa shape index (κ2) is 21.0. The summed E-state index contributed by atoms with van der Waals surface area (Å²) in [5, 5.41) is 22.3. The first kappa shape index (κ1) is 38.3. The third kappa shape index (κ3) is 14.1. The summed E-state index contributed by atoms with van der Waals surface area (Å²) in [5.41, 5.74) is 1.79. The lowest BCUT2D eigenvalue weighted by molar-refractivity contribution is -0.921. The smallest absolute Gasteiger partial charge is 0.0757 e. The highest BCUT2D eigenvalue weighted by Gasteiger charge is 2.21. The van der Waals surface area contributed by atoms with Gasteiger partial charge in [0.05, 0.1) is 64.4 Å². The molecule has 7 heteroatoms. The summed E-state index contributed by atoms with van der Waals surface area (Å²) in [6, 6.07) is 17.3. The number of carbonyl (C=O) groups excluding carboxylic acids is 2. The quantitative estimate of drug-likeness (QED) is 0.287. The first-order chi connectivity index (χ1) is 19.5. The maximum Gasteiger partial charge on any atom is 0.0757 e. The van der Waals surface area contributed by atoms with E-state index in [1.165, 1.54) is 61.3 Å². The molecular weight excluding hydrogens is 514 g/mol. The Balaban J connectivity index is 0.000000733. The Labute approximate surface area is 250 Å². The molecule has 0 spiro atoms. The lowest BCUT2D eigenvalue weighted by Crippen LogP contribution is -2.50. The molecule has 0 unspecified atom stereocenters. The van der Waals surface area contributed by atoms with Crippen LogP contribution in [0.3, 0.4) is 0 Å². The van der Waals surface area contributed by atoms with E-state index in [2.05, 4.69) is 55.4 Å². The second-order valence-electron chi connectivity index (χ2n) is 10.5. The summed E-state index contributed by atoms with van der Waals surface area (Å²) < 4.78 is 2.56. The van der Waals surface area contributed by atoms with Crippen LogP contribution < -0.4 is 10.2 Å². The summed E-state index contributed by atoms with van der Waals surface area (Å²) >= 11 is 0. The van der Waals surface area contributed by atoms with Crippen molar-refractivity contribution in [3.05, 3.63) is 71.8 Å². The third-order valence-corrected chi connectivity index (χ3v) is 8.90. The van der Waals surface area contributed by atoms with Crippen molar-refractivity contribution >= 4 is 11.9 Å². The Hall–Kier alpha value is -2.74. The molecule has 0 bridgehead atoms. The molecule has 0 saturated heterocycles. The van der Waals surface area contributed by atoms with Crippen LogP contribution in [0, 0.1) is 0 Å².